The summed E-state index contributed by atoms with van der Waals surface area (Å²) in [6, 6.07) is 0. The van der Waals surface area contributed by atoms with Crippen LogP contribution in [0.4, 0.5) is 10.6 Å². The van der Waals surface area contributed by atoms with E-state index in [9.17, 15) is 4.79 Å². The first-order chi connectivity index (χ1) is 8.19. The molecule has 6 nitrogen and oxygen atoms in total. The molecule has 1 aliphatic heterocycles. The molecular formula is C11H14N4O2. The Balaban J connectivity index is 1.91. The van der Waals surface area contributed by atoms with E-state index in [0.717, 1.165) is 29.9 Å². The zero-order valence-corrected chi connectivity index (χ0v) is 9.64. The van der Waals surface area contributed by atoms with Gasteiger partial charge < -0.3 is 10.5 Å². The number of rotatable bonds is 1. The van der Waals surface area contributed by atoms with Crippen LogP contribution in [0.1, 0.15) is 35.8 Å². The number of aromatic nitrogens is 2. The highest BCUT2D eigenvalue weighted by molar-refractivity contribution is 5.69. The Morgan fingerprint density at radius 3 is 2.82 bits per heavy atom. The van der Waals surface area contributed by atoms with Crippen LogP contribution in [0.3, 0.4) is 0 Å². The van der Waals surface area contributed by atoms with Gasteiger partial charge in [0.05, 0.1) is 25.9 Å². The lowest BCUT2D eigenvalue weighted by Crippen LogP contribution is -2.25. The van der Waals surface area contributed by atoms with Gasteiger partial charge in [0, 0.05) is 11.5 Å². The van der Waals surface area contributed by atoms with Crippen molar-refractivity contribution in [3.8, 4) is 0 Å². The third-order valence-electron chi connectivity index (χ3n) is 3.21. The number of nitrogens with zero attached hydrogens (tertiary/aromatic N) is 3. The van der Waals surface area contributed by atoms with E-state index in [0.29, 0.717) is 24.8 Å². The van der Waals surface area contributed by atoms with Crippen LogP contribution in [0.15, 0.2) is 0 Å². The van der Waals surface area contributed by atoms with Gasteiger partial charge in [-0.15, -0.1) is 0 Å². The van der Waals surface area contributed by atoms with E-state index in [1.807, 2.05) is 0 Å². The molecule has 0 radical (unpaired) electrons. The lowest BCUT2D eigenvalue weighted by molar-refractivity contribution is 0.123. The van der Waals surface area contributed by atoms with Crippen LogP contribution in [0, 0.1) is 0 Å². The Hall–Kier alpha value is -1.85. The summed E-state index contributed by atoms with van der Waals surface area (Å²) >= 11 is 0. The van der Waals surface area contributed by atoms with Crippen molar-refractivity contribution in [1.82, 2.24) is 14.9 Å². The summed E-state index contributed by atoms with van der Waals surface area (Å²) in [5.41, 5.74) is 7.64. The van der Waals surface area contributed by atoms with Crippen LogP contribution >= 0.6 is 0 Å². The molecular weight excluding hydrogens is 220 g/mol. The topological polar surface area (TPSA) is 81.3 Å². The SMILES string of the molecule is COC(=O)N1Cc2nc(C3CC3)nc(N)c2C1. The first kappa shape index (κ1) is 10.3. The van der Waals surface area contributed by atoms with Crippen LogP contribution in [0.5, 0.6) is 0 Å². The molecule has 2 heterocycles. The van der Waals surface area contributed by atoms with E-state index in [4.69, 9.17) is 10.5 Å². The molecule has 3 rings (SSSR count). The standard InChI is InChI=1S/C11H14N4O2/c1-17-11(16)15-4-7-8(5-15)13-10(6-2-3-6)14-9(7)12/h6H,2-5H2,1H3,(H2,12,13,14). The van der Waals surface area contributed by atoms with Gasteiger partial charge in [-0.05, 0) is 12.8 Å². The Morgan fingerprint density at radius 1 is 1.41 bits per heavy atom. The fourth-order valence-corrected chi connectivity index (χ4v) is 2.08. The van der Waals surface area contributed by atoms with Crippen molar-refractivity contribution >= 4 is 11.9 Å². The molecule has 0 aromatic carbocycles. The van der Waals surface area contributed by atoms with E-state index in [1.165, 1.54) is 7.11 Å². The molecule has 0 bridgehead atoms. The molecule has 0 atom stereocenters. The smallest absolute Gasteiger partial charge is 0.410 e. The summed E-state index contributed by atoms with van der Waals surface area (Å²) in [7, 11) is 1.37. The van der Waals surface area contributed by atoms with Gasteiger partial charge in [0.25, 0.3) is 0 Å². The van der Waals surface area contributed by atoms with Gasteiger partial charge >= 0.3 is 6.09 Å². The minimum atomic E-state index is -0.352. The van der Waals surface area contributed by atoms with E-state index in [-0.39, 0.29) is 6.09 Å². The summed E-state index contributed by atoms with van der Waals surface area (Å²) in [6.45, 7) is 0.910. The van der Waals surface area contributed by atoms with Gasteiger partial charge in [-0.3, -0.25) is 4.90 Å². The van der Waals surface area contributed by atoms with Crippen LogP contribution in [0.2, 0.25) is 0 Å². The van der Waals surface area contributed by atoms with Crippen molar-refractivity contribution in [1.29, 1.82) is 0 Å². The summed E-state index contributed by atoms with van der Waals surface area (Å²) in [6.07, 6.45) is 1.92. The molecule has 17 heavy (non-hydrogen) atoms. The van der Waals surface area contributed by atoms with Crippen molar-refractivity contribution < 1.29 is 9.53 Å². The molecule has 1 saturated carbocycles. The molecule has 0 unspecified atom stereocenters. The number of fused-ring (bicyclic) bond motifs is 1. The summed E-state index contributed by atoms with van der Waals surface area (Å²) in [5.74, 6) is 1.80. The van der Waals surface area contributed by atoms with E-state index in [1.54, 1.807) is 4.90 Å². The fraction of sp³-hybridized carbons (Fsp3) is 0.545. The molecule has 0 saturated heterocycles. The number of nitrogen functional groups attached to an aromatic ring is 1. The second kappa shape index (κ2) is 3.58. The maximum Gasteiger partial charge on any atom is 0.410 e. The van der Waals surface area contributed by atoms with E-state index >= 15 is 0 Å². The first-order valence-electron chi connectivity index (χ1n) is 5.67. The number of carbonyl (C=O) groups excluding carboxylic acids is 1. The number of anilines is 1. The molecule has 1 amide bonds. The predicted octanol–water partition coefficient (Wildman–Crippen LogP) is 1.02. The Labute approximate surface area is 98.8 Å². The number of carbonyl (C=O) groups is 1. The van der Waals surface area contributed by atoms with Crippen LogP contribution < -0.4 is 5.73 Å². The summed E-state index contributed by atoms with van der Waals surface area (Å²) in [4.78, 5) is 21.8. The van der Waals surface area contributed by atoms with Gasteiger partial charge in [0.1, 0.15) is 11.6 Å². The highest BCUT2D eigenvalue weighted by atomic mass is 16.5. The second-order valence-corrected chi connectivity index (χ2v) is 4.49. The molecule has 2 N–H and O–H groups in total. The van der Waals surface area contributed by atoms with Crippen molar-refractivity contribution in [2.24, 2.45) is 0 Å². The molecule has 6 heteroatoms. The third kappa shape index (κ3) is 1.69. The molecule has 1 aliphatic carbocycles. The van der Waals surface area contributed by atoms with Crippen LogP contribution in [0.25, 0.3) is 0 Å². The fourth-order valence-electron chi connectivity index (χ4n) is 2.08. The molecule has 1 fully saturated rings. The number of methoxy groups -OCH3 is 1. The molecule has 90 valence electrons. The molecule has 2 aliphatic rings. The van der Waals surface area contributed by atoms with Crippen LogP contribution in [-0.4, -0.2) is 28.1 Å². The maximum atomic E-state index is 11.4. The van der Waals surface area contributed by atoms with Gasteiger partial charge in [-0.25, -0.2) is 14.8 Å². The highest BCUT2D eigenvalue weighted by Gasteiger charge is 2.32. The van der Waals surface area contributed by atoms with Gasteiger partial charge in [0.15, 0.2) is 0 Å². The number of hydrogen-bond donors (Lipinski definition) is 1. The second-order valence-electron chi connectivity index (χ2n) is 4.49. The largest absolute Gasteiger partial charge is 0.453 e. The van der Waals surface area contributed by atoms with Gasteiger partial charge in [-0.2, -0.15) is 0 Å². The summed E-state index contributed by atoms with van der Waals surface area (Å²) in [5, 5.41) is 0. The lowest BCUT2D eigenvalue weighted by atomic mass is 10.2. The van der Waals surface area contributed by atoms with Crippen molar-refractivity contribution in [2.45, 2.75) is 31.8 Å². The number of hydrogen-bond acceptors (Lipinski definition) is 5. The first-order valence-corrected chi connectivity index (χ1v) is 5.67. The third-order valence-corrected chi connectivity index (χ3v) is 3.21. The average molecular weight is 234 g/mol. The number of nitrogens with two attached hydrogens (primary N) is 1. The van der Waals surface area contributed by atoms with Crippen molar-refractivity contribution in [3.63, 3.8) is 0 Å². The van der Waals surface area contributed by atoms with Crippen molar-refractivity contribution in [2.75, 3.05) is 12.8 Å². The minimum Gasteiger partial charge on any atom is -0.453 e. The van der Waals surface area contributed by atoms with Gasteiger partial charge in [-0.1, -0.05) is 0 Å². The minimum absolute atomic E-state index is 0.352. The van der Waals surface area contributed by atoms with Crippen LogP contribution in [-0.2, 0) is 17.8 Å². The molecule has 1 aromatic heterocycles. The zero-order chi connectivity index (χ0) is 12.0. The molecule has 0 spiro atoms. The summed E-state index contributed by atoms with van der Waals surface area (Å²) < 4.78 is 4.69. The Bertz CT molecular complexity index is 485. The Kier molecular flexibility index (Phi) is 2.17. The quantitative estimate of drug-likeness (QED) is 0.784. The number of ether oxygens (including phenoxy) is 1. The number of amides is 1. The Morgan fingerprint density at radius 2 is 2.18 bits per heavy atom. The van der Waals surface area contributed by atoms with Crippen molar-refractivity contribution in [3.05, 3.63) is 17.1 Å². The maximum absolute atomic E-state index is 11.4. The monoisotopic (exact) mass is 234 g/mol. The normalized spacial score (nSPS) is 18.1. The lowest BCUT2D eigenvalue weighted by Gasteiger charge is -2.12. The zero-order valence-electron chi connectivity index (χ0n) is 9.64. The van der Waals surface area contributed by atoms with E-state index in [2.05, 4.69) is 9.97 Å². The molecule has 1 aromatic rings. The van der Waals surface area contributed by atoms with E-state index < -0.39 is 0 Å². The highest BCUT2D eigenvalue weighted by Crippen LogP contribution is 2.39. The average Bonchev–Trinajstić information content (AvgIpc) is 3.08. The predicted molar refractivity (Wildman–Crippen MR) is 60.1 cm³/mol. The van der Waals surface area contributed by atoms with Gasteiger partial charge in [0.2, 0.25) is 0 Å².